The number of halogens is 1. The van der Waals surface area contributed by atoms with Crippen LogP contribution in [0.15, 0.2) is 42.6 Å². The molecule has 126 valence electrons. The van der Waals surface area contributed by atoms with Crippen molar-refractivity contribution in [3.05, 3.63) is 51.7 Å². The Hall–Kier alpha value is -2.75. The molecule has 7 nitrogen and oxygen atoms in total. The van der Waals surface area contributed by atoms with E-state index in [1.807, 2.05) is 6.07 Å². The highest BCUT2D eigenvalue weighted by atomic mass is 127. The standard InChI is InChI=1S/C17H12IN3O4/c18-10-2-3-12(13(22)6-10)20-17(23)11-7-19-21-16(11)9-1-4-14-15(5-9)25-8-24-14/h1-7,22H,8H2,(H,19,21)(H,20,23). The van der Waals surface area contributed by atoms with E-state index in [9.17, 15) is 9.90 Å². The highest BCUT2D eigenvalue weighted by Crippen LogP contribution is 2.36. The molecule has 1 aliphatic heterocycles. The first kappa shape index (κ1) is 15.8. The quantitative estimate of drug-likeness (QED) is 0.421. The van der Waals surface area contributed by atoms with Crippen molar-refractivity contribution in [3.8, 4) is 28.5 Å². The Bertz CT molecular complexity index is 970. The second kappa shape index (κ2) is 6.28. The number of hydrogen-bond acceptors (Lipinski definition) is 5. The minimum Gasteiger partial charge on any atom is -0.506 e. The van der Waals surface area contributed by atoms with E-state index >= 15 is 0 Å². The van der Waals surface area contributed by atoms with Crippen molar-refractivity contribution in [1.82, 2.24) is 10.2 Å². The van der Waals surface area contributed by atoms with Crippen molar-refractivity contribution in [1.29, 1.82) is 0 Å². The lowest BCUT2D eigenvalue weighted by molar-refractivity contribution is 0.102. The Morgan fingerprint density at radius 2 is 2.04 bits per heavy atom. The third-order valence-corrected chi connectivity index (χ3v) is 4.42. The lowest BCUT2D eigenvalue weighted by atomic mass is 10.1. The summed E-state index contributed by atoms with van der Waals surface area (Å²) in [7, 11) is 0. The zero-order chi connectivity index (χ0) is 17.4. The van der Waals surface area contributed by atoms with Gasteiger partial charge in [0.2, 0.25) is 6.79 Å². The van der Waals surface area contributed by atoms with Crippen LogP contribution in [-0.2, 0) is 0 Å². The Labute approximate surface area is 156 Å². The monoisotopic (exact) mass is 449 g/mol. The van der Waals surface area contributed by atoms with Crippen LogP contribution in [0, 0.1) is 3.57 Å². The number of H-pyrrole nitrogens is 1. The maximum absolute atomic E-state index is 12.6. The number of ether oxygens (including phenoxy) is 2. The van der Waals surface area contributed by atoms with Crippen molar-refractivity contribution < 1.29 is 19.4 Å². The molecule has 0 spiro atoms. The molecule has 3 N–H and O–H groups in total. The number of hydrogen-bond donors (Lipinski definition) is 3. The first-order chi connectivity index (χ1) is 12.1. The number of rotatable bonds is 3. The van der Waals surface area contributed by atoms with Crippen LogP contribution < -0.4 is 14.8 Å². The minimum absolute atomic E-state index is 0.00775. The number of phenols is 1. The van der Waals surface area contributed by atoms with Crippen LogP contribution in [0.2, 0.25) is 0 Å². The number of nitrogens with zero attached hydrogens (tertiary/aromatic N) is 1. The van der Waals surface area contributed by atoms with Crippen molar-refractivity contribution in [2.24, 2.45) is 0 Å². The number of anilines is 1. The maximum atomic E-state index is 12.6. The highest BCUT2D eigenvalue weighted by Gasteiger charge is 2.20. The Morgan fingerprint density at radius 1 is 1.20 bits per heavy atom. The molecule has 1 aliphatic rings. The molecule has 0 saturated heterocycles. The maximum Gasteiger partial charge on any atom is 0.259 e. The third-order valence-electron chi connectivity index (χ3n) is 3.75. The van der Waals surface area contributed by atoms with Crippen LogP contribution in [0.25, 0.3) is 11.3 Å². The van der Waals surface area contributed by atoms with Gasteiger partial charge in [-0.05, 0) is 59.0 Å². The second-order valence-corrected chi connectivity index (χ2v) is 6.59. The van der Waals surface area contributed by atoms with E-state index in [1.54, 1.807) is 30.3 Å². The summed E-state index contributed by atoms with van der Waals surface area (Å²) in [4.78, 5) is 12.6. The molecule has 8 heteroatoms. The molecular formula is C17H12IN3O4. The van der Waals surface area contributed by atoms with Gasteiger partial charge in [-0.15, -0.1) is 0 Å². The van der Waals surface area contributed by atoms with Crippen LogP contribution in [0.1, 0.15) is 10.4 Å². The van der Waals surface area contributed by atoms with E-state index < -0.39 is 0 Å². The fourth-order valence-corrected chi connectivity index (χ4v) is 3.01. The molecule has 25 heavy (non-hydrogen) atoms. The van der Waals surface area contributed by atoms with Gasteiger partial charge in [0, 0.05) is 9.13 Å². The number of aromatic amines is 1. The molecule has 4 rings (SSSR count). The molecule has 0 unspecified atom stereocenters. The number of carbonyl (C=O) groups is 1. The summed E-state index contributed by atoms with van der Waals surface area (Å²) in [6.07, 6.45) is 1.44. The van der Waals surface area contributed by atoms with Gasteiger partial charge >= 0.3 is 0 Å². The predicted molar refractivity (Wildman–Crippen MR) is 98.9 cm³/mol. The molecule has 1 amide bonds. The second-order valence-electron chi connectivity index (χ2n) is 5.34. The summed E-state index contributed by atoms with van der Waals surface area (Å²) in [5.41, 5.74) is 2.00. The number of aromatic nitrogens is 2. The first-order valence-electron chi connectivity index (χ1n) is 7.35. The molecule has 0 fully saturated rings. The van der Waals surface area contributed by atoms with Crippen LogP contribution in [0.4, 0.5) is 5.69 Å². The highest BCUT2D eigenvalue weighted by molar-refractivity contribution is 14.1. The Morgan fingerprint density at radius 3 is 2.88 bits per heavy atom. The van der Waals surface area contributed by atoms with Gasteiger partial charge in [-0.25, -0.2) is 0 Å². The number of benzene rings is 2. The predicted octanol–water partition coefficient (Wildman–Crippen LogP) is 3.37. The topological polar surface area (TPSA) is 96.5 Å². The first-order valence-corrected chi connectivity index (χ1v) is 8.43. The fraction of sp³-hybridized carbons (Fsp3) is 0.0588. The van der Waals surface area contributed by atoms with Gasteiger partial charge in [0.05, 0.1) is 23.1 Å². The molecular weight excluding hydrogens is 437 g/mol. The molecule has 0 saturated carbocycles. The van der Waals surface area contributed by atoms with Crippen molar-refractivity contribution >= 4 is 34.2 Å². The zero-order valence-electron chi connectivity index (χ0n) is 12.7. The molecule has 2 heterocycles. The van der Waals surface area contributed by atoms with Gasteiger partial charge < -0.3 is 19.9 Å². The van der Waals surface area contributed by atoms with E-state index in [1.165, 1.54) is 6.20 Å². The van der Waals surface area contributed by atoms with Gasteiger partial charge in [-0.1, -0.05) is 0 Å². The molecule has 0 atom stereocenters. The van der Waals surface area contributed by atoms with Gasteiger partial charge in [0.25, 0.3) is 5.91 Å². The van der Waals surface area contributed by atoms with E-state index in [0.717, 1.165) is 9.13 Å². The Kier molecular flexibility index (Phi) is 3.96. The third kappa shape index (κ3) is 3.00. The summed E-state index contributed by atoms with van der Waals surface area (Å²) >= 11 is 2.08. The van der Waals surface area contributed by atoms with Crippen LogP contribution in [0.3, 0.4) is 0 Å². The zero-order valence-corrected chi connectivity index (χ0v) is 14.9. The van der Waals surface area contributed by atoms with Gasteiger partial charge in [-0.3, -0.25) is 9.89 Å². The SMILES string of the molecule is O=C(Nc1ccc(I)cc1O)c1cn[nH]c1-c1ccc2c(c1)OCO2. The molecule has 0 radical (unpaired) electrons. The smallest absolute Gasteiger partial charge is 0.259 e. The number of aromatic hydroxyl groups is 1. The molecule has 0 bridgehead atoms. The van der Waals surface area contributed by atoms with Crippen molar-refractivity contribution in [2.45, 2.75) is 0 Å². The lowest BCUT2D eigenvalue weighted by Crippen LogP contribution is -2.12. The largest absolute Gasteiger partial charge is 0.506 e. The summed E-state index contributed by atoms with van der Waals surface area (Å²) < 4.78 is 11.5. The normalized spacial score (nSPS) is 12.2. The van der Waals surface area contributed by atoms with Crippen LogP contribution in [0.5, 0.6) is 17.2 Å². The summed E-state index contributed by atoms with van der Waals surface area (Å²) in [6, 6.07) is 10.4. The molecule has 2 aromatic carbocycles. The van der Waals surface area contributed by atoms with E-state index in [4.69, 9.17) is 9.47 Å². The van der Waals surface area contributed by atoms with Crippen molar-refractivity contribution in [3.63, 3.8) is 0 Å². The number of fused-ring (bicyclic) bond motifs is 1. The summed E-state index contributed by atoms with van der Waals surface area (Å²) in [5, 5.41) is 19.5. The minimum atomic E-state index is -0.377. The average molecular weight is 449 g/mol. The average Bonchev–Trinajstić information content (AvgIpc) is 3.25. The van der Waals surface area contributed by atoms with Crippen molar-refractivity contribution in [2.75, 3.05) is 12.1 Å². The van der Waals surface area contributed by atoms with Crippen LogP contribution in [-0.4, -0.2) is 28.0 Å². The van der Waals surface area contributed by atoms with Crippen LogP contribution >= 0.6 is 22.6 Å². The molecule has 3 aromatic rings. The number of amides is 1. The summed E-state index contributed by atoms with van der Waals surface area (Å²) in [5.74, 6) is 0.915. The molecule has 1 aromatic heterocycles. The fourth-order valence-electron chi connectivity index (χ4n) is 2.53. The van der Waals surface area contributed by atoms with Gasteiger partial charge in [-0.2, -0.15) is 5.10 Å². The Balaban J connectivity index is 1.64. The number of phenolic OH excluding ortho intramolecular Hbond substituents is 1. The van der Waals surface area contributed by atoms with E-state index in [-0.39, 0.29) is 18.4 Å². The number of carbonyl (C=O) groups excluding carboxylic acids is 1. The van der Waals surface area contributed by atoms with E-state index in [0.29, 0.717) is 28.4 Å². The van der Waals surface area contributed by atoms with Gasteiger partial charge in [0.1, 0.15) is 5.75 Å². The number of nitrogens with one attached hydrogen (secondary N) is 2. The molecule has 0 aliphatic carbocycles. The van der Waals surface area contributed by atoms with E-state index in [2.05, 4.69) is 38.1 Å². The lowest BCUT2D eigenvalue weighted by Gasteiger charge is -2.08. The van der Waals surface area contributed by atoms with Gasteiger partial charge in [0.15, 0.2) is 11.5 Å². The summed E-state index contributed by atoms with van der Waals surface area (Å²) in [6.45, 7) is 0.182.